The number of rotatable bonds is 5. The van der Waals surface area contributed by atoms with Gasteiger partial charge in [0.1, 0.15) is 5.82 Å². The van der Waals surface area contributed by atoms with Crippen molar-refractivity contribution < 1.29 is 14.0 Å². The minimum Gasteiger partial charge on any atom is -0.368 e. The van der Waals surface area contributed by atoms with E-state index >= 15 is 0 Å². The largest absolute Gasteiger partial charge is 0.368 e. The molecule has 0 saturated carbocycles. The average Bonchev–Trinajstić information content (AvgIpc) is 2.72. The zero-order valence-corrected chi connectivity index (χ0v) is 15.0. The standard InChI is InChI=1S/C20H23FN4O2/c21-17-8-6-16(7-9-17)14-22-19(26)15-23-20(27)25-12-10-24(11-13-25)18-4-2-1-3-5-18/h1-9H,10-15H2,(H,22,26)(H,23,27). The summed E-state index contributed by atoms with van der Waals surface area (Å²) in [6.45, 7) is 2.95. The van der Waals surface area contributed by atoms with Crippen molar-refractivity contribution >= 4 is 17.6 Å². The number of urea groups is 1. The van der Waals surface area contributed by atoms with Crippen LogP contribution in [-0.4, -0.2) is 49.6 Å². The summed E-state index contributed by atoms with van der Waals surface area (Å²) in [5.41, 5.74) is 1.95. The Balaban J connectivity index is 1.37. The van der Waals surface area contributed by atoms with E-state index in [1.165, 1.54) is 12.1 Å². The normalized spacial score (nSPS) is 14.0. The number of para-hydroxylation sites is 1. The summed E-state index contributed by atoms with van der Waals surface area (Å²) in [5, 5.41) is 5.35. The molecule has 2 aromatic rings. The summed E-state index contributed by atoms with van der Waals surface area (Å²) in [6, 6.07) is 15.8. The number of amides is 3. The number of hydrogen-bond acceptors (Lipinski definition) is 3. The molecule has 2 N–H and O–H groups in total. The number of piperazine rings is 1. The first-order valence-corrected chi connectivity index (χ1v) is 8.96. The highest BCUT2D eigenvalue weighted by atomic mass is 19.1. The van der Waals surface area contributed by atoms with Gasteiger partial charge in [-0.15, -0.1) is 0 Å². The van der Waals surface area contributed by atoms with Crippen LogP contribution in [0.5, 0.6) is 0 Å². The second-order valence-electron chi connectivity index (χ2n) is 6.37. The van der Waals surface area contributed by atoms with Gasteiger partial charge >= 0.3 is 6.03 Å². The summed E-state index contributed by atoms with van der Waals surface area (Å²) < 4.78 is 12.9. The van der Waals surface area contributed by atoms with Gasteiger partial charge in [-0.05, 0) is 29.8 Å². The quantitative estimate of drug-likeness (QED) is 0.846. The summed E-state index contributed by atoms with van der Waals surface area (Å²) in [7, 11) is 0. The molecule has 7 heteroatoms. The third kappa shape index (κ3) is 5.44. The highest BCUT2D eigenvalue weighted by Crippen LogP contribution is 2.15. The van der Waals surface area contributed by atoms with Gasteiger partial charge < -0.3 is 20.4 Å². The van der Waals surface area contributed by atoms with Gasteiger partial charge in [0.25, 0.3) is 0 Å². The Morgan fingerprint density at radius 1 is 0.889 bits per heavy atom. The van der Waals surface area contributed by atoms with Crippen molar-refractivity contribution in [3.63, 3.8) is 0 Å². The highest BCUT2D eigenvalue weighted by Gasteiger charge is 2.21. The Morgan fingerprint density at radius 2 is 1.56 bits per heavy atom. The van der Waals surface area contributed by atoms with Crippen LogP contribution in [0.1, 0.15) is 5.56 Å². The topological polar surface area (TPSA) is 64.7 Å². The number of benzene rings is 2. The van der Waals surface area contributed by atoms with E-state index in [4.69, 9.17) is 0 Å². The number of nitrogens with zero attached hydrogens (tertiary/aromatic N) is 2. The van der Waals surface area contributed by atoms with Crippen LogP contribution in [0.3, 0.4) is 0 Å². The maximum absolute atomic E-state index is 12.9. The van der Waals surface area contributed by atoms with Gasteiger partial charge in [-0.25, -0.2) is 9.18 Å². The Kier molecular flexibility index (Phi) is 6.25. The minimum absolute atomic E-state index is 0.0844. The fourth-order valence-electron chi connectivity index (χ4n) is 2.94. The lowest BCUT2D eigenvalue weighted by Crippen LogP contribution is -2.53. The molecule has 0 atom stereocenters. The van der Waals surface area contributed by atoms with Gasteiger partial charge in [-0.1, -0.05) is 30.3 Å². The number of carbonyl (C=O) groups is 2. The van der Waals surface area contributed by atoms with Crippen molar-refractivity contribution in [2.75, 3.05) is 37.6 Å². The first-order chi connectivity index (χ1) is 13.1. The molecule has 0 unspecified atom stereocenters. The smallest absolute Gasteiger partial charge is 0.317 e. The van der Waals surface area contributed by atoms with Crippen molar-refractivity contribution in [2.24, 2.45) is 0 Å². The maximum Gasteiger partial charge on any atom is 0.317 e. The lowest BCUT2D eigenvalue weighted by Gasteiger charge is -2.36. The molecule has 1 aliphatic rings. The first kappa shape index (κ1) is 18.7. The third-order valence-electron chi connectivity index (χ3n) is 4.49. The van der Waals surface area contributed by atoms with Crippen LogP contribution in [0.4, 0.5) is 14.9 Å². The predicted molar refractivity (Wildman–Crippen MR) is 102 cm³/mol. The van der Waals surface area contributed by atoms with Crippen LogP contribution in [0.25, 0.3) is 0 Å². The Bertz CT molecular complexity index is 759. The molecule has 0 bridgehead atoms. The van der Waals surface area contributed by atoms with Crippen LogP contribution < -0.4 is 15.5 Å². The lowest BCUT2D eigenvalue weighted by atomic mass is 10.2. The summed E-state index contributed by atoms with van der Waals surface area (Å²) in [6.07, 6.45) is 0. The van der Waals surface area contributed by atoms with Gasteiger partial charge in [0, 0.05) is 38.4 Å². The molecular weight excluding hydrogens is 347 g/mol. The van der Waals surface area contributed by atoms with E-state index in [1.807, 2.05) is 18.2 Å². The molecule has 1 aliphatic heterocycles. The SMILES string of the molecule is O=C(CNC(=O)N1CCN(c2ccccc2)CC1)NCc1ccc(F)cc1. The molecule has 0 aromatic heterocycles. The zero-order chi connectivity index (χ0) is 19.1. The van der Waals surface area contributed by atoms with Crippen LogP contribution in [-0.2, 0) is 11.3 Å². The maximum atomic E-state index is 12.9. The molecule has 0 radical (unpaired) electrons. The monoisotopic (exact) mass is 370 g/mol. The van der Waals surface area contributed by atoms with Crippen LogP contribution in [0.15, 0.2) is 54.6 Å². The third-order valence-corrected chi connectivity index (χ3v) is 4.49. The fraction of sp³-hybridized carbons (Fsp3) is 0.300. The lowest BCUT2D eigenvalue weighted by molar-refractivity contribution is -0.120. The van der Waals surface area contributed by atoms with Crippen molar-refractivity contribution in [1.29, 1.82) is 0 Å². The average molecular weight is 370 g/mol. The van der Waals surface area contributed by atoms with Gasteiger partial charge in [0.2, 0.25) is 5.91 Å². The van der Waals surface area contributed by atoms with E-state index < -0.39 is 0 Å². The Labute approximate surface area is 158 Å². The van der Waals surface area contributed by atoms with E-state index in [-0.39, 0.29) is 24.3 Å². The van der Waals surface area contributed by atoms with Crippen molar-refractivity contribution in [3.05, 3.63) is 66.0 Å². The molecular formula is C20H23FN4O2. The van der Waals surface area contributed by atoms with Gasteiger partial charge in [-0.3, -0.25) is 4.79 Å². The fourth-order valence-corrected chi connectivity index (χ4v) is 2.94. The number of carbonyl (C=O) groups excluding carboxylic acids is 2. The molecule has 1 saturated heterocycles. The van der Waals surface area contributed by atoms with Crippen molar-refractivity contribution in [3.8, 4) is 0 Å². The molecule has 3 rings (SSSR count). The number of anilines is 1. The van der Waals surface area contributed by atoms with Gasteiger partial charge in [0.05, 0.1) is 6.54 Å². The van der Waals surface area contributed by atoms with E-state index in [0.29, 0.717) is 19.6 Å². The number of hydrogen-bond donors (Lipinski definition) is 2. The number of nitrogens with one attached hydrogen (secondary N) is 2. The molecule has 2 aromatic carbocycles. The molecule has 1 heterocycles. The van der Waals surface area contributed by atoms with Crippen LogP contribution in [0, 0.1) is 5.82 Å². The Morgan fingerprint density at radius 3 is 2.22 bits per heavy atom. The molecule has 0 spiro atoms. The van der Waals surface area contributed by atoms with E-state index in [2.05, 4.69) is 27.7 Å². The summed E-state index contributed by atoms with van der Waals surface area (Å²) >= 11 is 0. The molecule has 3 amide bonds. The zero-order valence-electron chi connectivity index (χ0n) is 15.0. The summed E-state index contributed by atoms with van der Waals surface area (Å²) in [4.78, 5) is 28.1. The predicted octanol–water partition coefficient (Wildman–Crippen LogP) is 1.97. The minimum atomic E-state index is -0.315. The Hall–Kier alpha value is -3.09. The van der Waals surface area contributed by atoms with E-state index in [1.54, 1.807) is 17.0 Å². The molecule has 27 heavy (non-hydrogen) atoms. The molecule has 142 valence electrons. The van der Waals surface area contributed by atoms with E-state index in [0.717, 1.165) is 24.3 Å². The van der Waals surface area contributed by atoms with Crippen molar-refractivity contribution in [1.82, 2.24) is 15.5 Å². The van der Waals surface area contributed by atoms with Crippen LogP contribution in [0.2, 0.25) is 0 Å². The highest BCUT2D eigenvalue weighted by molar-refractivity contribution is 5.84. The van der Waals surface area contributed by atoms with Crippen LogP contribution >= 0.6 is 0 Å². The number of halogens is 1. The van der Waals surface area contributed by atoms with Crippen molar-refractivity contribution in [2.45, 2.75) is 6.54 Å². The van der Waals surface area contributed by atoms with Gasteiger partial charge in [-0.2, -0.15) is 0 Å². The molecule has 1 fully saturated rings. The van der Waals surface area contributed by atoms with Gasteiger partial charge in [0.15, 0.2) is 0 Å². The second-order valence-corrected chi connectivity index (χ2v) is 6.37. The summed E-state index contributed by atoms with van der Waals surface area (Å²) in [5.74, 6) is -0.597. The molecule has 6 nitrogen and oxygen atoms in total. The van der Waals surface area contributed by atoms with E-state index in [9.17, 15) is 14.0 Å². The second kappa shape index (κ2) is 9.02. The molecule has 0 aliphatic carbocycles. The first-order valence-electron chi connectivity index (χ1n) is 8.96.